The molecule has 2 N–H and O–H groups in total. The van der Waals surface area contributed by atoms with Crippen molar-refractivity contribution in [2.45, 2.75) is 13.0 Å². The lowest BCUT2D eigenvalue weighted by Crippen LogP contribution is -2.51. The van der Waals surface area contributed by atoms with E-state index in [2.05, 4.69) is 17.6 Å². The van der Waals surface area contributed by atoms with Gasteiger partial charge in [-0.25, -0.2) is 0 Å². The lowest BCUT2D eigenvalue weighted by molar-refractivity contribution is 0.0530. The van der Waals surface area contributed by atoms with Crippen molar-refractivity contribution >= 4 is 23.2 Å². The van der Waals surface area contributed by atoms with Crippen LogP contribution < -0.4 is 10.6 Å². The summed E-state index contributed by atoms with van der Waals surface area (Å²) in [6, 6.07) is 6.06. The van der Waals surface area contributed by atoms with E-state index < -0.39 is 0 Å². The minimum absolute atomic E-state index is 0.0416. The lowest BCUT2D eigenvalue weighted by Gasteiger charge is -2.37. The first-order chi connectivity index (χ1) is 9.13. The van der Waals surface area contributed by atoms with Crippen molar-refractivity contribution < 1.29 is 4.79 Å². The standard InChI is InChI=1S/C14H18ClN3O/c1-9-7-18(8-9)14(19)12-3-2-10(4-13(12)15)17-11-5-16-6-11/h2-4,9,11,16-17H,5-8H2,1H3. The quantitative estimate of drug-likeness (QED) is 0.887. The molecule has 0 aliphatic carbocycles. The average Bonchev–Trinajstić information content (AvgIpc) is 2.29. The zero-order chi connectivity index (χ0) is 13.4. The molecule has 0 aromatic heterocycles. The van der Waals surface area contributed by atoms with E-state index >= 15 is 0 Å². The van der Waals surface area contributed by atoms with Crippen LogP contribution in [0.15, 0.2) is 18.2 Å². The summed E-state index contributed by atoms with van der Waals surface area (Å²) in [4.78, 5) is 14.0. The van der Waals surface area contributed by atoms with Crippen LogP contribution in [0.2, 0.25) is 5.02 Å². The number of carbonyl (C=O) groups excluding carboxylic acids is 1. The van der Waals surface area contributed by atoms with Gasteiger partial charge in [-0.15, -0.1) is 0 Å². The van der Waals surface area contributed by atoms with Crippen LogP contribution in [0.3, 0.4) is 0 Å². The Bertz CT molecular complexity index is 495. The number of anilines is 1. The SMILES string of the molecule is CC1CN(C(=O)c2ccc(NC3CNC3)cc2Cl)C1. The molecule has 2 fully saturated rings. The van der Waals surface area contributed by atoms with E-state index in [1.807, 2.05) is 23.1 Å². The minimum Gasteiger partial charge on any atom is -0.380 e. The summed E-state index contributed by atoms with van der Waals surface area (Å²) < 4.78 is 0. The molecule has 1 aromatic rings. The first-order valence-electron chi connectivity index (χ1n) is 6.69. The van der Waals surface area contributed by atoms with Gasteiger partial charge in [0.15, 0.2) is 0 Å². The Balaban J connectivity index is 1.70. The molecule has 2 aliphatic heterocycles. The zero-order valence-electron chi connectivity index (χ0n) is 10.9. The number of likely N-dealkylation sites (tertiary alicyclic amines) is 1. The Labute approximate surface area is 118 Å². The van der Waals surface area contributed by atoms with Gasteiger partial charge in [0.2, 0.25) is 0 Å². The van der Waals surface area contributed by atoms with E-state index in [1.165, 1.54) is 0 Å². The lowest BCUT2D eigenvalue weighted by atomic mass is 10.0. The van der Waals surface area contributed by atoms with Crippen molar-refractivity contribution in [1.82, 2.24) is 10.2 Å². The number of amides is 1. The summed E-state index contributed by atoms with van der Waals surface area (Å²) in [7, 11) is 0. The molecule has 0 bridgehead atoms. The molecule has 0 saturated carbocycles. The highest BCUT2D eigenvalue weighted by Gasteiger charge is 2.29. The third-order valence-corrected chi connectivity index (χ3v) is 4.02. The van der Waals surface area contributed by atoms with Crippen LogP contribution in [-0.2, 0) is 0 Å². The minimum atomic E-state index is 0.0416. The largest absolute Gasteiger partial charge is 0.380 e. The van der Waals surface area contributed by atoms with E-state index in [-0.39, 0.29) is 5.91 Å². The van der Waals surface area contributed by atoms with E-state index in [0.717, 1.165) is 31.9 Å². The number of rotatable bonds is 3. The number of carbonyl (C=O) groups is 1. The van der Waals surface area contributed by atoms with E-state index in [9.17, 15) is 4.79 Å². The Kier molecular flexibility index (Phi) is 3.37. The number of hydrogen-bond acceptors (Lipinski definition) is 3. The molecule has 5 heteroatoms. The van der Waals surface area contributed by atoms with Gasteiger partial charge in [-0.05, 0) is 24.1 Å². The van der Waals surface area contributed by atoms with Crippen LogP contribution in [0.25, 0.3) is 0 Å². The van der Waals surface area contributed by atoms with Crippen LogP contribution in [0.1, 0.15) is 17.3 Å². The smallest absolute Gasteiger partial charge is 0.255 e. The fourth-order valence-corrected chi connectivity index (χ4v) is 2.70. The number of nitrogens with zero attached hydrogens (tertiary/aromatic N) is 1. The molecule has 2 aliphatic rings. The highest BCUT2D eigenvalue weighted by atomic mass is 35.5. The maximum atomic E-state index is 12.2. The third kappa shape index (κ3) is 2.55. The van der Waals surface area contributed by atoms with Crippen LogP contribution in [0.5, 0.6) is 0 Å². The van der Waals surface area contributed by atoms with Gasteiger partial charge < -0.3 is 15.5 Å². The Morgan fingerprint density at radius 1 is 1.42 bits per heavy atom. The molecule has 102 valence electrons. The summed E-state index contributed by atoms with van der Waals surface area (Å²) >= 11 is 6.23. The van der Waals surface area contributed by atoms with Gasteiger partial charge in [0.1, 0.15) is 0 Å². The number of nitrogens with one attached hydrogen (secondary N) is 2. The Hall–Kier alpha value is -1.26. The van der Waals surface area contributed by atoms with Crippen molar-refractivity contribution in [1.29, 1.82) is 0 Å². The number of halogens is 1. The second-order valence-corrected chi connectivity index (χ2v) is 5.92. The van der Waals surface area contributed by atoms with Gasteiger partial charge >= 0.3 is 0 Å². The molecule has 4 nitrogen and oxygen atoms in total. The Morgan fingerprint density at radius 3 is 2.68 bits per heavy atom. The predicted molar refractivity (Wildman–Crippen MR) is 76.8 cm³/mol. The number of hydrogen-bond donors (Lipinski definition) is 2. The van der Waals surface area contributed by atoms with Gasteiger partial charge in [-0.2, -0.15) is 0 Å². The summed E-state index contributed by atoms with van der Waals surface area (Å²) in [5, 5.41) is 7.11. The molecule has 1 aromatic carbocycles. The fraction of sp³-hybridized carbons (Fsp3) is 0.500. The van der Waals surface area contributed by atoms with Crippen molar-refractivity contribution in [3.05, 3.63) is 28.8 Å². The highest BCUT2D eigenvalue weighted by Crippen LogP contribution is 2.26. The van der Waals surface area contributed by atoms with Gasteiger partial charge in [0.25, 0.3) is 5.91 Å². The molecule has 2 saturated heterocycles. The molecule has 0 unspecified atom stereocenters. The van der Waals surface area contributed by atoms with Crippen molar-refractivity contribution in [3.63, 3.8) is 0 Å². The predicted octanol–water partition coefficient (Wildman–Crippen LogP) is 1.82. The first-order valence-corrected chi connectivity index (χ1v) is 7.07. The van der Waals surface area contributed by atoms with E-state index in [1.54, 1.807) is 0 Å². The average molecular weight is 280 g/mol. The summed E-state index contributed by atoms with van der Waals surface area (Å²) in [6.45, 7) is 5.77. The monoisotopic (exact) mass is 279 g/mol. The van der Waals surface area contributed by atoms with Crippen molar-refractivity contribution in [2.75, 3.05) is 31.5 Å². The molecule has 0 atom stereocenters. The molecule has 0 radical (unpaired) electrons. The molecule has 3 rings (SSSR count). The summed E-state index contributed by atoms with van der Waals surface area (Å²) in [5.74, 6) is 0.648. The van der Waals surface area contributed by atoms with Gasteiger partial charge in [-0.3, -0.25) is 4.79 Å². The van der Waals surface area contributed by atoms with Crippen LogP contribution in [0, 0.1) is 5.92 Å². The van der Waals surface area contributed by atoms with E-state index in [0.29, 0.717) is 22.5 Å². The van der Waals surface area contributed by atoms with Crippen LogP contribution in [-0.4, -0.2) is 43.0 Å². The summed E-state index contributed by atoms with van der Waals surface area (Å²) in [6.07, 6.45) is 0. The van der Waals surface area contributed by atoms with E-state index in [4.69, 9.17) is 11.6 Å². The second kappa shape index (κ2) is 5.02. The third-order valence-electron chi connectivity index (χ3n) is 3.70. The van der Waals surface area contributed by atoms with Crippen molar-refractivity contribution in [3.8, 4) is 0 Å². The van der Waals surface area contributed by atoms with Crippen LogP contribution >= 0.6 is 11.6 Å². The molecule has 0 spiro atoms. The van der Waals surface area contributed by atoms with Gasteiger partial charge in [0, 0.05) is 31.9 Å². The molecule has 19 heavy (non-hydrogen) atoms. The normalized spacial score (nSPS) is 19.8. The molecule has 1 amide bonds. The maximum absolute atomic E-state index is 12.2. The highest BCUT2D eigenvalue weighted by molar-refractivity contribution is 6.34. The molecule has 2 heterocycles. The molecular weight excluding hydrogens is 262 g/mol. The maximum Gasteiger partial charge on any atom is 0.255 e. The Morgan fingerprint density at radius 2 is 2.16 bits per heavy atom. The fourth-order valence-electron chi connectivity index (χ4n) is 2.44. The zero-order valence-corrected chi connectivity index (χ0v) is 11.7. The van der Waals surface area contributed by atoms with Gasteiger partial charge in [0.05, 0.1) is 16.6 Å². The molecular formula is C14H18ClN3O. The number of benzene rings is 1. The first kappa shape index (κ1) is 12.8. The summed E-state index contributed by atoms with van der Waals surface area (Å²) in [5.41, 5.74) is 1.58. The second-order valence-electron chi connectivity index (χ2n) is 5.51. The topological polar surface area (TPSA) is 44.4 Å². The van der Waals surface area contributed by atoms with Crippen molar-refractivity contribution in [2.24, 2.45) is 5.92 Å². The van der Waals surface area contributed by atoms with Gasteiger partial charge in [-0.1, -0.05) is 18.5 Å². The van der Waals surface area contributed by atoms with Crippen LogP contribution in [0.4, 0.5) is 5.69 Å².